The van der Waals surface area contributed by atoms with Gasteiger partial charge in [0, 0.05) is 10.2 Å². The van der Waals surface area contributed by atoms with Crippen molar-refractivity contribution in [3.63, 3.8) is 0 Å². The zero-order valence-electron chi connectivity index (χ0n) is 12.1. The van der Waals surface area contributed by atoms with Gasteiger partial charge in [-0.2, -0.15) is 0 Å². The van der Waals surface area contributed by atoms with Gasteiger partial charge in [0.05, 0.1) is 11.1 Å². The third-order valence-corrected chi connectivity index (χ3v) is 3.96. The molecule has 7 heteroatoms. The summed E-state index contributed by atoms with van der Waals surface area (Å²) < 4.78 is 0.669. The van der Waals surface area contributed by atoms with Gasteiger partial charge in [0.2, 0.25) is 0 Å². The lowest BCUT2D eigenvalue weighted by Gasteiger charge is -2.12. The molecule has 0 bridgehead atoms. The molecule has 0 spiro atoms. The van der Waals surface area contributed by atoms with E-state index in [9.17, 15) is 9.59 Å². The molecule has 0 fully saturated rings. The number of benzene rings is 2. The fraction of sp³-hybridized carbons (Fsp3) is 0.0625. The number of rotatable bonds is 3. The van der Waals surface area contributed by atoms with Crippen molar-refractivity contribution in [2.24, 2.45) is 0 Å². The van der Waals surface area contributed by atoms with Crippen LogP contribution in [-0.4, -0.2) is 22.1 Å². The number of aryl methyl sites for hydroxylation is 1. The number of nitrogens with one attached hydrogen (secondary N) is 2. The van der Waals surface area contributed by atoms with Gasteiger partial charge in [-0.25, -0.2) is 4.79 Å². The molecule has 0 aliphatic rings. The van der Waals surface area contributed by atoms with E-state index in [1.807, 2.05) is 6.07 Å². The monoisotopic (exact) mass is 392 g/mol. The van der Waals surface area contributed by atoms with Crippen LogP contribution in [0, 0.1) is 6.92 Å². The average molecular weight is 393 g/mol. The van der Waals surface area contributed by atoms with Crippen LogP contribution in [0.1, 0.15) is 26.3 Å². The Morgan fingerprint density at radius 1 is 1.17 bits per heavy atom. The molecule has 0 heterocycles. The minimum Gasteiger partial charge on any atom is -0.478 e. The number of anilines is 1. The third kappa shape index (κ3) is 4.37. The maximum atomic E-state index is 12.1. The maximum absolute atomic E-state index is 12.1. The van der Waals surface area contributed by atoms with Crippen LogP contribution in [0.4, 0.5) is 5.69 Å². The predicted molar refractivity (Wildman–Crippen MR) is 96.0 cm³/mol. The van der Waals surface area contributed by atoms with Crippen molar-refractivity contribution in [1.82, 2.24) is 5.32 Å². The van der Waals surface area contributed by atoms with Gasteiger partial charge in [0.1, 0.15) is 0 Å². The summed E-state index contributed by atoms with van der Waals surface area (Å²) in [7, 11) is 0. The van der Waals surface area contributed by atoms with E-state index in [-0.39, 0.29) is 16.6 Å². The van der Waals surface area contributed by atoms with Gasteiger partial charge in [-0.15, -0.1) is 0 Å². The molecule has 0 atom stereocenters. The van der Waals surface area contributed by atoms with E-state index < -0.39 is 5.97 Å². The number of carboxylic acid groups (broad SMARTS) is 1. The van der Waals surface area contributed by atoms with Gasteiger partial charge >= 0.3 is 5.97 Å². The smallest absolute Gasteiger partial charge is 0.335 e. The molecular formula is C16H13BrN2O3S. The molecule has 0 aliphatic heterocycles. The number of carbonyl (C=O) groups excluding carboxylic acids is 1. The summed E-state index contributed by atoms with van der Waals surface area (Å²) in [6, 6.07) is 11.6. The van der Waals surface area contributed by atoms with Crippen LogP contribution in [0.2, 0.25) is 0 Å². The molecule has 2 aromatic carbocycles. The fourth-order valence-corrected chi connectivity index (χ4v) is 2.57. The second kappa shape index (κ2) is 7.34. The quantitative estimate of drug-likeness (QED) is 0.695. The Morgan fingerprint density at radius 3 is 2.48 bits per heavy atom. The summed E-state index contributed by atoms with van der Waals surface area (Å²) in [4.78, 5) is 23.1. The van der Waals surface area contributed by atoms with Crippen LogP contribution in [0.3, 0.4) is 0 Å². The van der Waals surface area contributed by atoms with Crippen molar-refractivity contribution in [3.8, 4) is 0 Å². The molecular weight excluding hydrogens is 380 g/mol. The molecule has 23 heavy (non-hydrogen) atoms. The van der Waals surface area contributed by atoms with Crippen LogP contribution in [-0.2, 0) is 0 Å². The topological polar surface area (TPSA) is 78.4 Å². The third-order valence-electron chi connectivity index (χ3n) is 3.07. The Labute approximate surface area is 146 Å². The number of carboxylic acids is 1. The number of amides is 1. The molecule has 0 unspecified atom stereocenters. The Hall–Kier alpha value is -2.25. The van der Waals surface area contributed by atoms with Crippen LogP contribution in [0.25, 0.3) is 0 Å². The molecule has 0 aromatic heterocycles. The standard InChI is InChI=1S/C16H13BrN2O3S/c1-9-8-10(15(21)22)6-7-13(9)18-16(23)19-14(20)11-4-2-3-5-12(11)17/h2-8H,1H3,(H,21,22)(H2,18,19,20,23). The molecule has 0 saturated carbocycles. The average Bonchev–Trinajstić information content (AvgIpc) is 2.49. The minimum atomic E-state index is -0.996. The van der Waals surface area contributed by atoms with E-state index in [1.54, 1.807) is 31.2 Å². The Kier molecular flexibility index (Phi) is 5.46. The van der Waals surface area contributed by atoms with Crippen LogP contribution >= 0.6 is 28.1 Å². The van der Waals surface area contributed by atoms with E-state index in [1.165, 1.54) is 12.1 Å². The highest BCUT2D eigenvalue weighted by Crippen LogP contribution is 2.17. The number of aromatic carboxylic acids is 1. The second-order valence-corrected chi connectivity index (χ2v) is 5.99. The van der Waals surface area contributed by atoms with Crippen molar-refractivity contribution < 1.29 is 14.7 Å². The van der Waals surface area contributed by atoms with Crippen LogP contribution < -0.4 is 10.6 Å². The van der Waals surface area contributed by atoms with Gasteiger partial charge in [0.15, 0.2) is 5.11 Å². The highest BCUT2D eigenvalue weighted by Gasteiger charge is 2.12. The molecule has 5 nitrogen and oxygen atoms in total. The van der Waals surface area contributed by atoms with E-state index in [0.29, 0.717) is 21.3 Å². The molecule has 0 saturated heterocycles. The Morgan fingerprint density at radius 2 is 1.87 bits per heavy atom. The number of hydrogen-bond acceptors (Lipinski definition) is 3. The SMILES string of the molecule is Cc1cc(C(=O)O)ccc1NC(=S)NC(=O)c1ccccc1Br. The van der Waals surface area contributed by atoms with Crippen molar-refractivity contribution in [2.45, 2.75) is 6.92 Å². The van der Waals surface area contributed by atoms with Gasteiger partial charge in [-0.1, -0.05) is 12.1 Å². The predicted octanol–water partition coefficient (Wildman–Crippen LogP) is 3.58. The molecule has 0 aliphatic carbocycles. The van der Waals surface area contributed by atoms with Crippen LogP contribution in [0.5, 0.6) is 0 Å². The van der Waals surface area contributed by atoms with Gasteiger partial charge in [-0.05, 0) is 71.0 Å². The molecule has 118 valence electrons. The summed E-state index contributed by atoms with van der Waals surface area (Å²) >= 11 is 8.43. The molecule has 0 radical (unpaired) electrons. The highest BCUT2D eigenvalue weighted by atomic mass is 79.9. The molecule has 1 amide bonds. The van der Waals surface area contributed by atoms with Gasteiger partial charge in [0.25, 0.3) is 5.91 Å². The summed E-state index contributed by atoms with van der Waals surface area (Å²) in [5.41, 5.74) is 2.00. The lowest BCUT2D eigenvalue weighted by molar-refractivity contribution is 0.0696. The first-order valence-corrected chi connectivity index (χ1v) is 7.79. The highest BCUT2D eigenvalue weighted by molar-refractivity contribution is 9.10. The molecule has 2 rings (SSSR count). The lowest BCUT2D eigenvalue weighted by atomic mass is 10.1. The first-order chi connectivity index (χ1) is 10.9. The van der Waals surface area contributed by atoms with E-state index >= 15 is 0 Å². The second-order valence-electron chi connectivity index (χ2n) is 4.72. The first-order valence-electron chi connectivity index (χ1n) is 6.59. The van der Waals surface area contributed by atoms with Crippen molar-refractivity contribution in [1.29, 1.82) is 0 Å². The normalized spacial score (nSPS) is 10.0. The maximum Gasteiger partial charge on any atom is 0.335 e. The summed E-state index contributed by atoms with van der Waals surface area (Å²) in [5, 5.41) is 14.6. The van der Waals surface area contributed by atoms with Crippen molar-refractivity contribution >= 4 is 50.8 Å². The number of hydrogen-bond donors (Lipinski definition) is 3. The van der Waals surface area contributed by atoms with E-state index in [0.717, 1.165) is 0 Å². The summed E-state index contributed by atoms with van der Waals surface area (Å²) in [5.74, 6) is -1.33. The number of thiocarbonyl (C=S) groups is 1. The first kappa shape index (κ1) is 17.1. The Balaban J connectivity index is 2.07. The van der Waals surface area contributed by atoms with E-state index in [2.05, 4.69) is 26.6 Å². The van der Waals surface area contributed by atoms with Gasteiger partial charge < -0.3 is 10.4 Å². The fourth-order valence-electron chi connectivity index (χ4n) is 1.91. The van der Waals surface area contributed by atoms with Gasteiger partial charge in [-0.3, -0.25) is 10.1 Å². The van der Waals surface area contributed by atoms with E-state index in [4.69, 9.17) is 17.3 Å². The summed E-state index contributed by atoms with van der Waals surface area (Å²) in [6.45, 7) is 1.76. The number of halogens is 1. The lowest BCUT2D eigenvalue weighted by Crippen LogP contribution is -2.34. The zero-order valence-corrected chi connectivity index (χ0v) is 14.5. The number of carbonyl (C=O) groups is 2. The molecule has 2 aromatic rings. The minimum absolute atomic E-state index is 0.136. The summed E-state index contributed by atoms with van der Waals surface area (Å²) in [6.07, 6.45) is 0. The zero-order chi connectivity index (χ0) is 17.0. The largest absolute Gasteiger partial charge is 0.478 e. The Bertz CT molecular complexity index is 793. The van der Waals surface area contributed by atoms with Crippen molar-refractivity contribution in [2.75, 3.05) is 5.32 Å². The molecule has 3 N–H and O–H groups in total. The van der Waals surface area contributed by atoms with Crippen LogP contribution in [0.15, 0.2) is 46.9 Å². The van der Waals surface area contributed by atoms with Crippen molar-refractivity contribution in [3.05, 3.63) is 63.6 Å².